The Balaban J connectivity index is 2.94. The lowest BCUT2D eigenvalue weighted by Gasteiger charge is -2.14. The number of ketones is 1. The van der Waals surface area contributed by atoms with Crippen molar-refractivity contribution in [1.29, 1.82) is 0 Å². The van der Waals surface area contributed by atoms with Gasteiger partial charge in [0.25, 0.3) is 0 Å². The van der Waals surface area contributed by atoms with Crippen LogP contribution in [0.15, 0.2) is 18.6 Å². The highest BCUT2D eigenvalue weighted by molar-refractivity contribution is 5.97. The summed E-state index contributed by atoms with van der Waals surface area (Å²) in [6, 6.07) is 1.63. The summed E-state index contributed by atoms with van der Waals surface area (Å²) in [5.41, 5.74) is 0.117. The molecule has 0 N–H and O–H groups in total. The average Bonchev–Trinajstić information content (AvgIpc) is 2.03. The Labute approximate surface area is 71.9 Å². The van der Waals surface area contributed by atoms with Crippen molar-refractivity contribution >= 4 is 5.78 Å². The normalized spacial score (nSPS) is 11.2. The number of Topliss-reactive ketones (excluding diaryl/α,β-unsaturated/α-hetero) is 1. The third-order valence-electron chi connectivity index (χ3n) is 1.50. The van der Waals surface area contributed by atoms with Crippen molar-refractivity contribution < 1.29 is 4.79 Å². The predicted molar refractivity (Wildman–Crippen MR) is 45.8 cm³/mol. The van der Waals surface area contributed by atoms with Crippen molar-refractivity contribution in [2.24, 2.45) is 5.41 Å². The first-order valence-corrected chi connectivity index (χ1v) is 3.82. The van der Waals surface area contributed by atoms with Gasteiger partial charge in [-0.3, -0.25) is 4.79 Å². The van der Waals surface area contributed by atoms with Crippen molar-refractivity contribution in [1.82, 2.24) is 9.97 Å². The van der Waals surface area contributed by atoms with Gasteiger partial charge < -0.3 is 0 Å². The number of hydrogen-bond donors (Lipinski definition) is 0. The number of aromatic nitrogens is 2. The maximum absolute atomic E-state index is 11.6. The van der Waals surface area contributed by atoms with Crippen LogP contribution in [0.2, 0.25) is 0 Å². The molecule has 1 heterocycles. The van der Waals surface area contributed by atoms with E-state index in [-0.39, 0.29) is 11.2 Å². The van der Waals surface area contributed by atoms with E-state index in [9.17, 15) is 4.79 Å². The molecule has 0 radical (unpaired) electrons. The Kier molecular flexibility index (Phi) is 2.22. The summed E-state index contributed by atoms with van der Waals surface area (Å²) in [5.74, 6) is 0.0462. The van der Waals surface area contributed by atoms with E-state index < -0.39 is 0 Å². The first-order valence-electron chi connectivity index (χ1n) is 3.82. The van der Waals surface area contributed by atoms with Crippen LogP contribution >= 0.6 is 0 Å². The van der Waals surface area contributed by atoms with Gasteiger partial charge in [-0.15, -0.1) is 0 Å². The van der Waals surface area contributed by atoms with Crippen molar-refractivity contribution in [2.45, 2.75) is 20.8 Å². The number of carbonyl (C=O) groups is 1. The molecule has 0 amide bonds. The predicted octanol–water partition coefficient (Wildman–Crippen LogP) is 1.71. The van der Waals surface area contributed by atoms with Crippen molar-refractivity contribution in [3.63, 3.8) is 0 Å². The summed E-state index contributed by atoms with van der Waals surface area (Å²) >= 11 is 0. The second-order valence-corrected chi connectivity index (χ2v) is 3.67. The van der Waals surface area contributed by atoms with E-state index in [1.54, 1.807) is 12.3 Å². The molecule has 0 unspecified atom stereocenters. The Morgan fingerprint density at radius 1 is 1.42 bits per heavy atom. The van der Waals surface area contributed by atoms with Crippen LogP contribution in [-0.2, 0) is 0 Å². The molecule has 0 aromatic carbocycles. The Bertz CT molecular complexity index is 274. The molecule has 64 valence electrons. The summed E-state index contributed by atoms with van der Waals surface area (Å²) in [4.78, 5) is 19.2. The van der Waals surface area contributed by atoms with E-state index >= 15 is 0 Å². The second-order valence-electron chi connectivity index (χ2n) is 3.67. The number of carbonyl (C=O) groups excluding carboxylic acids is 1. The van der Waals surface area contributed by atoms with E-state index in [0.29, 0.717) is 5.69 Å². The van der Waals surface area contributed by atoms with Crippen LogP contribution in [0.1, 0.15) is 31.3 Å². The molecule has 3 nitrogen and oxygen atoms in total. The molecule has 0 aliphatic carbocycles. The second kappa shape index (κ2) is 3.01. The van der Waals surface area contributed by atoms with Gasteiger partial charge in [-0.1, -0.05) is 20.8 Å². The molecule has 0 atom stereocenters. The molecule has 0 bridgehead atoms. The monoisotopic (exact) mass is 164 g/mol. The topological polar surface area (TPSA) is 42.9 Å². The number of rotatable bonds is 1. The van der Waals surface area contributed by atoms with Gasteiger partial charge in [0.05, 0.1) is 0 Å². The maximum atomic E-state index is 11.6. The number of nitrogens with zero attached hydrogens (tertiary/aromatic N) is 2. The van der Waals surface area contributed by atoms with Crippen LogP contribution in [-0.4, -0.2) is 15.8 Å². The minimum absolute atomic E-state index is 0.0462. The van der Waals surface area contributed by atoms with E-state index in [1.165, 1.54) is 6.33 Å². The highest BCUT2D eigenvalue weighted by atomic mass is 16.1. The molecule has 0 aliphatic rings. The fraction of sp³-hybridized carbons (Fsp3) is 0.444. The van der Waals surface area contributed by atoms with Crippen molar-refractivity contribution in [3.8, 4) is 0 Å². The Morgan fingerprint density at radius 3 is 2.50 bits per heavy atom. The van der Waals surface area contributed by atoms with Gasteiger partial charge in [-0.2, -0.15) is 0 Å². The van der Waals surface area contributed by atoms with Crippen LogP contribution in [0.4, 0.5) is 0 Å². The van der Waals surface area contributed by atoms with Crippen LogP contribution in [0.3, 0.4) is 0 Å². The molecule has 1 aromatic heterocycles. The molecular formula is C9H12N2O. The minimum Gasteiger partial charge on any atom is -0.292 e. The summed E-state index contributed by atoms with van der Waals surface area (Å²) in [5, 5.41) is 0. The molecule has 1 aromatic rings. The zero-order valence-corrected chi connectivity index (χ0v) is 7.53. The van der Waals surface area contributed by atoms with E-state index in [4.69, 9.17) is 0 Å². The van der Waals surface area contributed by atoms with Gasteiger partial charge in [0, 0.05) is 11.6 Å². The zero-order chi connectivity index (χ0) is 9.19. The highest BCUT2D eigenvalue weighted by Gasteiger charge is 2.23. The molecule has 0 fully saturated rings. The molecular weight excluding hydrogens is 152 g/mol. The van der Waals surface area contributed by atoms with Gasteiger partial charge in [0.15, 0.2) is 5.78 Å². The smallest absolute Gasteiger partial charge is 0.186 e. The first-order chi connectivity index (χ1) is 5.52. The Morgan fingerprint density at radius 2 is 2.08 bits per heavy atom. The van der Waals surface area contributed by atoms with Crippen LogP contribution in [0, 0.1) is 5.41 Å². The van der Waals surface area contributed by atoms with Crippen molar-refractivity contribution in [3.05, 3.63) is 24.3 Å². The third-order valence-corrected chi connectivity index (χ3v) is 1.50. The molecule has 0 spiro atoms. The largest absolute Gasteiger partial charge is 0.292 e. The molecule has 1 rings (SSSR count). The van der Waals surface area contributed by atoms with Gasteiger partial charge in [-0.05, 0) is 6.07 Å². The zero-order valence-electron chi connectivity index (χ0n) is 7.53. The standard InChI is InChI=1S/C9H12N2O/c1-9(2,3)8(12)7-4-5-10-6-11-7/h4-6H,1-3H3. The average molecular weight is 164 g/mol. The third kappa shape index (κ3) is 1.87. The van der Waals surface area contributed by atoms with Gasteiger partial charge in [0.1, 0.15) is 12.0 Å². The SMILES string of the molecule is CC(C)(C)C(=O)c1ccncn1. The van der Waals surface area contributed by atoms with E-state index in [2.05, 4.69) is 9.97 Å². The summed E-state index contributed by atoms with van der Waals surface area (Å²) in [7, 11) is 0. The van der Waals surface area contributed by atoms with Gasteiger partial charge in [0.2, 0.25) is 0 Å². The lowest BCUT2D eigenvalue weighted by molar-refractivity contribution is 0.0852. The lowest BCUT2D eigenvalue weighted by Crippen LogP contribution is -2.21. The number of hydrogen-bond acceptors (Lipinski definition) is 3. The van der Waals surface area contributed by atoms with Crippen LogP contribution < -0.4 is 0 Å². The summed E-state index contributed by atoms with van der Waals surface area (Å²) < 4.78 is 0. The quantitative estimate of drug-likeness (QED) is 0.593. The molecule has 3 heteroatoms. The fourth-order valence-electron chi connectivity index (χ4n) is 0.809. The molecule has 12 heavy (non-hydrogen) atoms. The van der Waals surface area contributed by atoms with Gasteiger partial charge >= 0.3 is 0 Å². The van der Waals surface area contributed by atoms with Crippen molar-refractivity contribution in [2.75, 3.05) is 0 Å². The Hall–Kier alpha value is -1.25. The summed E-state index contributed by atoms with van der Waals surface area (Å²) in [6.45, 7) is 5.62. The fourth-order valence-corrected chi connectivity index (χ4v) is 0.809. The van der Waals surface area contributed by atoms with Crippen LogP contribution in [0.5, 0.6) is 0 Å². The van der Waals surface area contributed by atoms with Gasteiger partial charge in [-0.25, -0.2) is 9.97 Å². The highest BCUT2D eigenvalue weighted by Crippen LogP contribution is 2.18. The molecule has 0 aliphatic heterocycles. The molecule has 0 saturated heterocycles. The lowest BCUT2D eigenvalue weighted by atomic mass is 9.89. The van der Waals surface area contributed by atoms with E-state index in [0.717, 1.165) is 0 Å². The molecule has 0 saturated carbocycles. The van der Waals surface area contributed by atoms with Crippen LogP contribution in [0.25, 0.3) is 0 Å². The first kappa shape index (κ1) is 8.84. The maximum Gasteiger partial charge on any atom is 0.186 e. The summed E-state index contributed by atoms with van der Waals surface area (Å²) in [6.07, 6.45) is 2.96. The van der Waals surface area contributed by atoms with E-state index in [1.807, 2.05) is 20.8 Å². The minimum atomic E-state index is -0.367.